The van der Waals surface area contributed by atoms with Gasteiger partial charge in [-0.15, -0.1) is 0 Å². The highest BCUT2D eigenvalue weighted by Gasteiger charge is 2.29. The molecule has 21 heavy (non-hydrogen) atoms. The number of aryl methyl sites for hydroxylation is 1. The minimum absolute atomic E-state index is 0.0772. The molecular weight excluding hydrogens is 292 g/mol. The third-order valence-corrected chi connectivity index (χ3v) is 5.20. The zero-order valence-electron chi connectivity index (χ0n) is 12.1. The van der Waals surface area contributed by atoms with Crippen molar-refractivity contribution in [2.45, 2.75) is 30.7 Å². The number of hydrogen-bond acceptors (Lipinski definition) is 5. The Morgan fingerprint density at radius 2 is 2.14 bits per heavy atom. The molecule has 1 fully saturated rings. The van der Waals surface area contributed by atoms with Crippen molar-refractivity contribution in [1.29, 1.82) is 0 Å². The molecule has 1 aromatic carbocycles. The van der Waals surface area contributed by atoms with Crippen LogP contribution in [0.2, 0.25) is 0 Å². The van der Waals surface area contributed by atoms with Crippen molar-refractivity contribution in [3.05, 3.63) is 29.3 Å². The number of rotatable bonds is 6. The molecule has 0 bridgehead atoms. The predicted octanol–water partition coefficient (Wildman–Crippen LogP) is 0.797. The lowest BCUT2D eigenvalue weighted by Crippen LogP contribution is -2.38. The number of carbonyl (C=O) groups is 1. The highest BCUT2D eigenvalue weighted by Crippen LogP contribution is 2.31. The molecule has 1 aromatic rings. The standard InChI is InChI=1S/C14H20N2O4S/c1-9-3-4-11(14(17)20-2)7-13(9)21(18,19)16-8-12(15)10-5-6-10/h3-4,7,10,12,16H,5-6,8,15H2,1-2H3. The third-order valence-electron chi connectivity index (χ3n) is 3.64. The average molecular weight is 312 g/mol. The second kappa shape index (κ2) is 6.13. The fourth-order valence-corrected chi connectivity index (χ4v) is 3.45. The first-order chi connectivity index (χ1) is 9.85. The number of hydrogen-bond donors (Lipinski definition) is 2. The van der Waals surface area contributed by atoms with Gasteiger partial charge in [-0.1, -0.05) is 6.07 Å². The summed E-state index contributed by atoms with van der Waals surface area (Å²) in [5.74, 6) is -0.156. The van der Waals surface area contributed by atoms with E-state index in [9.17, 15) is 13.2 Å². The summed E-state index contributed by atoms with van der Waals surface area (Å²) in [6.07, 6.45) is 2.11. The predicted molar refractivity (Wildman–Crippen MR) is 78.4 cm³/mol. The second-order valence-corrected chi connectivity index (χ2v) is 7.06. The Labute approximate surface area is 124 Å². The monoisotopic (exact) mass is 312 g/mol. The van der Waals surface area contributed by atoms with Crippen LogP contribution in [0.4, 0.5) is 0 Å². The molecule has 0 saturated heterocycles. The van der Waals surface area contributed by atoms with Crippen LogP contribution in [-0.4, -0.2) is 34.1 Å². The lowest BCUT2D eigenvalue weighted by atomic mass is 10.1. The Kier molecular flexibility index (Phi) is 4.65. The SMILES string of the molecule is COC(=O)c1ccc(C)c(S(=O)(=O)NCC(N)C2CC2)c1. The summed E-state index contributed by atoms with van der Waals surface area (Å²) >= 11 is 0. The molecule has 0 heterocycles. The summed E-state index contributed by atoms with van der Waals surface area (Å²) in [4.78, 5) is 11.6. The van der Waals surface area contributed by atoms with Crippen molar-refractivity contribution < 1.29 is 17.9 Å². The fourth-order valence-electron chi connectivity index (χ4n) is 2.11. The van der Waals surface area contributed by atoms with Gasteiger partial charge in [0.05, 0.1) is 17.6 Å². The van der Waals surface area contributed by atoms with Crippen LogP contribution in [0.3, 0.4) is 0 Å². The third kappa shape index (κ3) is 3.81. The Morgan fingerprint density at radius 1 is 1.48 bits per heavy atom. The average Bonchev–Trinajstić information content (AvgIpc) is 3.29. The molecule has 0 radical (unpaired) electrons. The number of benzene rings is 1. The molecule has 1 atom stereocenters. The van der Waals surface area contributed by atoms with Gasteiger partial charge in [0.25, 0.3) is 0 Å². The number of esters is 1. The van der Waals surface area contributed by atoms with Crippen molar-refractivity contribution in [3.8, 4) is 0 Å². The highest BCUT2D eigenvalue weighted by molar-refractivity contribution is 7.89. The van der Waals surface area contributed by atoms with E-state index in [-0.39, 0.29) is 23.0 Å². The minimum Gasteiger partial charge on any atom is -0.465 e. The molecule has 1 aliphatic rings. The Bertz CT molecular complexity index is 638. The second-order valence-electron chi connectivity index (χ2n) is 5.33. The van der Waals surface area contributed by atoms with Gasteiger partial charge >= 0.3 is 5.97 Å². The molecule has 1 saturated carbocycles. The Balaban J connectivity index is 2.19. The molecular formula is C14H20N2O4S. The van der Waals surface area contributed by atoms with Gasteiger partial charge in [0, 0.05) is 12.6 Å². The van der Waals surface area contributed by atoms with Gasteiger partial charge in [-0.25, -0.2) is 17.9 Å². The van der Waals surface area contributed by atoms with E-state index in [0.29, 0.717) is 11.5 Å². The van der Waals surface area contributed by atoms with Crippen LogP contribution >= 0.6 is 0 Å². The fraction of sp³-hybridized carbons (Fsp3) is 0.500. The summed E-state index contributed by atoms with van der Waals surface area (Å²) in [6, 6.07) is 4.29. The highest BCUT2D eigenvalue weighted by atomic mass is 32.2. The van der Waals surface area contributed by atoms with Gasteiger partial charge in [-0.2, -0.15) is 0 Å². The number of ether oxygens (including phenoxy) is 1. The number of nitrogens with one attached hydrogen (secondary N) is 1. The quantitative estimate of drug-likeness (QED) is 0.757. The van der Waals surface area contributed by atoms with E-state index in [1.54, 1.807) is 13.0 Å². The van der Waals surface area contributed by atoms with Gasteiger partial charge in [0.1, 0.15) is 0 Å². The van der Waals surface area contributed by atoms with Crippen LogP contribution in [0.15, 0.2) is 23.1 Å². The molecule has 116 valence electrons. The number of carbonyl (C=O) groups excluding carboxylic acids is 1. The molecule has 2 rings (SSSR count). The van der Waals surface area contributed by atoms with Crippen molar-refractivity contribution in [2.24, 2.45) is 11.7 Å². The van der Waals surface area contributed by atoms with Crippen molar-refractivity contribution in [3.63, 3.8) is 0 Å². The zero-order valence-corrected chi connectivity index (χ0v) is 12.9. The van der Waals surface area contributed by atoms with E-state index in [4.69, 9.17) is 5.73 Å². The first kappa shape index (κ1) is 15.9. The summed E-state index contributed by atoms with van der Waals surface area (Å²) in [6.45, 7) is 1.88. The van der Waals surface area contributed by atoms with Gasteiger partial charge in [-0.3, -0.25) is 0 Å². The summed E-state index contributed by atoms with van der Waals surface area (Å²) in [5.41, 5.74) is 6.67. The van der Waals surface area contributed by atoms with E-state index in [0.717, 1.165) is 12.8 Å². The molecule has 0 spiro atoms. The smallest absolute Gasteiger partial charge is 0.337 e. The normalized spacial score (nSPS) is 16.5. The van der Waals surface area contributed by atoms with Gasteiger partial charge in [0.2, 0.25) is 10.0 Å². The van der Waals surface area contributed by atoms with Gasteiger partial charge in [-0.05, 0) is 43.4 Å². The van der Waals surface area contributed by atoms with E-state index in [1.165, 1.54) is 19.2 Å². The summed E-state index contributed by atoms with van der Waals surface area (Å²) < 4.78 is 31.8. The maximum absolute atomic E-state index is 12.3. The Morgan fingerprint density at radius 3 is 2.71 bits per heavy atom. The number of methoxy groups -OCH3 is 1. The number of nitrogens with two attached hydrogens (primary N) is 1. The van der Waals surface area contributed by atoms with E-state index < -0.39 is 16.0 Å². The van der Waals surface area contributed by atoms with Gasteiger partial charge in [0.15, 0.2) is 0 Å². The van der Waals surface area contributed by atoms with Crippen LogP contribution in [0.1, 0.15) is 28.8 Å². The number of sulfonamides is 1. The summed E-state index contributed by atoms with van der Waals surface area (Å²) in [7, 11) is -2.44. The molecule has 1 aliphatic carbocycles. The zero-order chi connectivity index (χ0) is 15.6. The molecule has 0 aromatic heterocycles. The molecule has 0 amide bonds. The largest absolute Gasteiger partial charge is 0.465 e. The topological polar surface area (TPSA) is 98.5 Å². The van der Waals surface area contributed by atoms with Crippen LogP contribution in [-0.2, 0) is 14.8 Å². The lowest BCUT2D eigenvalue weighted by molar-refractivity contribution is 0.0600. The van der Waals surface area contributed by atoms with Gasteiger partial charge < -0.3 is 10.5 Å². The van der Waals surface area contributed by atoms with Crippen LogP contribution in [0.25, 0.3) is 0 Å². The maximum atomic E-state index is 12.3. The molecule has 7 heteroatoms. The molecule has 6 nitrogen and oxygen atoms in total. The summed E-state index contributed by atoms with van der Waals surface area (Å²) in [5, 5.41) is 0. The van der Waals surface area contributed by atoms with Crippen molar-refractivity contribution in [1.82, 2.24) is 4.72 Å². The minimum atomic E-state index is -3.69. The van der Waals surface area contributed by atoms with E-state index in [1.807, 2.05) is 0 Å². The maximum Gasteiger partial charge on any atom is 0.337 e. The van der Waals surface area contributed by atoms with Crippen LogP contribution < -0.4 is 10.5 Å². The lowest BCUT2D eigenvalue weighted by Gasteiger charge is -2.14. The van der Waals surface area contributed by atoms with Crippen LogP contribution in [0.5, 0.6) is 0 Å². The van der Waals surface area contributed by atoms with Crippen LogP contribution in [0, 0.1) is 12.8 Å². The Hall–Kier alpha value is -1.44. The molecule has 1 unspecified atom stereocenters. The molecule has 0 aliphatic heterocycles. The first-order valence-electron chi connectivity index (χ1n) is 6.79. The van der Waals surface area contributed by atoms with E-state index >= 15 is 0 Å². The van der Waals surface area contributed by atoms with E-state index in [2.05, 4.69) is 9.46 Å². The van der Waals surface area contributed by atoms with Crippen molar-refractivity contribution in [2.75, 3.05) is 13.7 Å². The van der Waals surface area contributed by atoms with Crippen molar-refractivity contribution >= 4 is 16.0 Å². The first-order valence-corrected chi connectivity index (χ1v) is 8.27. The molecule has 3 N–H and O–H groups in total.